The minimum absolute atomic E-state index is 1.10. The lowest BCUT2D eigenvalue weighted by molar-refractivity contribution is 1.53. The molecule has 4 rings (SSSR count). The van der Waals surface area contributed by atoms with Crippen molar-refractivity contribution in [1.82, 2.24) is 4.98 Å². The average Bonchev–Trinajstić information content (AvgIpc) is 2.84. The molecule has 0 aliphatic rings. The molecule has 0 aliphatic heterocycles. The molecular formula is C18H12BrN. The third-order valence-corrected chi connectivity index (χ3v) is 4.16. The second kappa shape index (κ2) is 4.50. The van der Waals surface area contributed by atoms with E-state index in [1.165, 1.54) is 32.9 Å². The lowest BCUT2D eigenvalue weighted by atomic mass is 10.0. The average molecular weight is 322 g/mol. The van der Waals surface area contributed by atoms with Crippen molar-refractivity contribution in [3.05, 3.63) is 71.2 Å². The van der Waals surface area contributed by atoms with E-state index in [0.717, 1.165) is 4.47 Å². The maximum Gasteiger partial charge on any atom is 0.0476 e. The minimum atomic E-state index is 1.10. The zero-order chi connectivity index (χ0) is 13.5. The molecule has 0 atom stereocenters. The van der Waals surface area contributed by atoms with Gasteiger partial charge in [0, 0.05) is 26.3 Å². The Morgan fingerprint density at radius 2 is 1.50 bits per heavy atom. The molecule has 0 amide bonds. The van der Waals surface area contributed by atoms with E-state index in [2.05, 4.69) is 81.6 Å². The number of fused-ring (bicyclic) bond motifs is 3. The molecule has 0 radical (unpaired) electrons. The Morgan fingerprint density at radius 3 is 2.35 bits per heavy atom. The van der Waals surface area contributed by atoms with Gasteiger partial charge in [-0.3, -0.25) is 0 Å². The number of aromatic nitrogens is 1. The zero-order valence-corrected chi connectivity index (χ0v) is 12.3. The maximum absolute atomic E-state index is 3.52. The quantitative estimate of drug-likeness (QED) is 0.459. The first-order valence-electron chi connectivity index (χ1n) is 6.58. The summed E-state index contributed by atoms with van der Waals surface area (Å²) in [5, 5.41) is 2.54. The summed E-state index contributed by atoms with van der Waals surface area (Å²) in [6.07, 6.45) is 0. The smallest absolute Gasteiger partial charge is 0.0476 e. The van der Waals surface area contributed by atoms with Gasteiger partial charge in [-0.25, -0.2) is 0 Å². The predicted octanol–water partition coefficient (Wildman–Crippen LogP) is 5.75. The first-order valence-corrected chi connectivity index (χ1v) is 7.37. The number of hydrogen-bond donors (Lipinski definition) is 1. The number of nitrogens with one attached hydrogen (secondary N) is 1. The van der Waals surface area contributed by atoms with Gasteiger partial charge in [0.2, 0.25) is 0 Å². The van der Waals surface area contributed by atoms with Crippen LogP contribution in [0.25, 0.3) is 32.9 Å². The molecule has 1 aromatic heterocycles. The molecule has 0 aliphatic carbocycles. The van der Waals surface area contributed by atoms with E-state index in [4.69, 9.17) is 0 Å². The highest BCUT2D eigenvalue weighted by atomic mass is 79.9. The van der Waals surface area contributed by atoms with Crippen molar-refractivity contribution in [2.24, 2.45) is 0 Å². The molecule has 0 unspecified atom stereocenters. The van der Waals surface area contributed by atoms with Crippen LogP contribution in [0.3, 0.4) is 0 Å². The van der Waals surface area contributed by atoms with E-state index in [9.17, 15) is 0 Å². The molecule has 0 saturated heterocycles. The molecule has 0 bridgehead atoms. The van der Waals surface area contributed by atoms with Crippen LogP contribution in [-0.2, 0) is 0 Å². The van der Waals surface area contributed by atoms with E-state index in [0.29, 0.717) is 0 Å². The van der Waals surface area contributed by atoms with Crippen LogP contribution in [0.4, 0.5) is 0 Å². The highest BCUT2D eigenvalue weighted by Crippen LogP contribution is 2.31. The summed E-state index contributed by atoms with van der Waals surface area (Å²) >= 11 is 3.52. The first-order chi connectivity index (χ1) is 9.81. The van der Waals surface area contributed by atoms with E-state index in [1.54, 1.807) is 0 Å². The van der Waals surface area contributed by atoms with E-state index in [1.807, 2.05) is 6.07 Å². The van der Waals surface area contributed by atoms with Gasteiger partial charge in [-0.05, 0) is 35.4 Å². The summed E-state index contributed by atoms with van der Waals surface area (Å²) < 4.78 is 1.10. The Bertz CT molecular complexity index is 907. The fourth-order valence-electron chi connectivity index (χ4n) is 2.69. The Morgan fingerprint density at radius 1 is 0.650 bits per heavy atom. The monoisotopic (exact) mass is 321 g/mol. The molecular weight excluding hydrogens is 310 g/mol. The van der Waals surface area contributed by atoms with Crippen molar-refractivity contribution in [2.75, 3.05) is 0 Å². The van der Waals surface area contributed by atoms with Crippen LogP contribution in [-0.4, -0.2) is 4.98 Å². The molecule has 0 saturated carbocycles. The van der Waals surface area contributed by atoms with Crippen LogP contribution in [0.1, 0.15) is 0 Å². The van der Waals surface area contributed by atoms with Gasteiger partial charge in [0.25, 0.3) is 0 Å². The van der Waals surface area contributed by atoms with Crippen molar-refractivity contribution in [3.63, 3.8) is 0 Å². The van der Waals surface area contributed by atoms with Crippen LogP contribution in [0.15, 0.2) is 71.2 Å². The summed E-state index contributed by atoms with van der Waals surface area (Å²) in [7, 11) is 0. The molecule has 0 spiro atoms. The summed E-state index contributed by atoms with van der Waals surface area (Å²) in [5.74, 6) is 0. The molecule has 1 N–H and O–H groups in total. The molecule has 2 heteroatoms. The Hall–Kier alpha value is -2.06. The van der Waals surface area contributed by atoms with Gasteiger partial charge in [0.05, 0.1) is 0 Å². The Balaban J connectivity index is 2.01. The molecule has 1 nitrogen and oxygen atoms in total. The van der Waals surface area contributed by atoms with Crippen LogP contribution in [0.2, 0.25) is 0 Å². The minimum Gasteiger partial charge on any atom is -0.354 e. The Kier molecular flexibility index (Phi) is 2.64. The van der Waals surface area contributed by atoms with Crippen molar-refractivity contribution in [1.29, 1.82) is 0 Å². The third kappa shape index (κ3) is 1.84. The number of rotatable bonds is 1. The fraction of sp³-hybridized carbons (Fsp3) is 0. The molecule has 4 aromatic rings. The topological polar surface area (TPSA) is 15.8 Å². The second-order valence-corrected chi connectivity index (χ2v) is 5.86. The van der Waals surface area contributed by atoms with Gasteiger partial charge in [-0.1, -0.05) is 58.4 Å². The van der Waals surface area contributed by atoms with Gasteiger partial charge in [0.15, 0.2) is 0 Å². The molecule has 96 valence electrons. The predicted molar refractivity (Wildman–Crippen MR) is 88.9 cm³/mol. The van der Waals surface area contributed by atoms with E-state index >= 15 is 0 Å². The summed E-state index contributed by atoms with van der Waals surface area (Å²) in [6.45, 7) is 0. The van der Waals surface area contributed by atoms with Crippen LogP contribution < -0.4 is 0 Å². The van der Waals surface area contributed by atoms with Crippen molar-refractivity contribution in [2.45, 2.75) is 0 Å². The Labute approximate surface area is 125 Å². The number of H-pyrrole nitrogens is 1. The SMILES string of the molecule is Brc1ccc2c(c1)[nH]c1ccc(-c3ccccc3)cc12. The molecule has 20 heavy (non-hydrogen) atoms. The maximum atomic E-state index is 3.52. The van der Waals surface area contributed by atoms with Gasteiger partial charge >= 0.3 is 0 Å². The van der Waals surface area contributed by atoms with E-state index in [-0.39, 0.29) is 0 Å². The number of aromatic amines is 1. The van der Waals surface area contributed by atoms with Gasteiger partial charge < -0.3 is 4.98 Å². The van der Waals surface area contributed by atoms with Gasteiger partial charge in [-0.15, -0.1) is 0 Å². The highest BCUT2D eigenvalue weighted by Gasteiger charge is 2.06. The van der Waals surface area contributed by atoms with Gasteiger partial charge in [0.1, 0.15) is 0 Å². The van der Waals surface area contributed by atoms with Crippen molar-refractivity contribution in [3.8, 4) is 11.1 Å². The normalized spacial score (nSPS) is 11.2. The number of halogens is 1. The summed E-state index contributed by atoms with van der Waals surface area (Å²) in [5.41, 5.74) is 4.85. The largest absolute Gasteiger partial charge is 0.354 e. The third-order valence-electron chi connectivity index (χ3n) is 3.67. The number of hydrogen-bond acceptors (Lipinski definition) is 0. The first kappa shape index (κ1) is 11.7. The molecule has 0 fully saturated rings. The molecule has 1 heterocycles. The zero-order valence-electron chi connectivity index (χ0n) is 10.7. The van der Waals surface area contributed by atoms with E-state index < -0.39 is 0 Å². The fourth-order valence-corrected chi connectivity index (χ4v) is 3.05. The van der Waals surface area contributed by atoms with Crippen LogP contribution >= 0.6 is 15.9 Å². The van der Waals surface area contributed by atoms with Crippen molar-refractivity contribution >= 4 is 37.7 Å². The van der Waals surface area contributed by atoms with Gasteiger partial charge in [-0.2, -0.15) is 0 Å². The summed E-state index contributed by atoms with van der Waals surface area (Å²) in [4.78, 5) is 3.47. The lowest BCUT2D eigenvalue weighted by Crippen LogP contribution is -1.76. The lowest BCUT2D eigenvalue weighted by Gasteiger charge is -2.01. The van der Waals surface area contributed by atoms with Crippen LogP contribution in [0.5, 0.6) is 0 Å². The second-order valence-electron chi connectivity index (χ2n) is 4.94. The van der Waals surface area contributed by atoms with Crippen molar-refractivity contribution < 1.29 is 0 Å². The van der Waals surface area contributed by atoms with Crippen LogP contribution in [0, 0.1) is 0 Å². The summed E-state index contributed by atoms with van der Waals surface area (Å²) in [6, 6.07) is 23.4. The standard InChI is InChI=1S/C18H12BrN/c19-14-7-8-15-16-10-13(12-4-2-1-3-5-12)6-9-17(16)20-18(15)11-14/h1-11,20H. The number of benzene rings is 3. The molecule has 3 aromatic carbocycles. The highest BCUT2D eigenvalue weighted by molar-refractivity contribution is 9.10.